The molecule has 0 saturated carbocycles. The molecule has 0 N–H and O–H groups in total. The predicted molar refractivity (Wildman–Crippen MR) is 84.0 cm³/mol. The topological polar surface area (TPSA) is 35.5 Å². The van der Waals surface area contributed by atoms with Gasteiger partial charge in [-0.25, -0.2) is 0 Å². The van der Waals surface area contributed by atoms with Gasteiger partial charge in [0.2, 0.25) is 0 Å². The van der Waals surface area contributed by atoms with Gasteiger partial charge in [-0.2, -0.15) is 8.43 Å². The van der Waals surface area contributed by atoms with E-state index in [-0.39, 0.29) is 0 Å². The maximum atomic E-state index is 12.0. The number of hydrogen-bond acceptors (Lipinski definition) is 3. The van der Waals surface area contributed by atoms with Gasteiger partial charge in [0.1, 0.15) is 0 Å². The minimum Gasteiger partial charge on any atom is -0.176 e. The van der Waals surface area contributed by atoms with Crippen LogP contribution in [0, 0.1) is 11.8 Å². The SMILES string of the molecule is CC(C)C[Si](C)(C)O[P+](=O)O[Si](C)(C)CC(C)C. The van der Waals surface area contributed by atoms with Gasteiger partial charge in [-0.15, -0.1) is 0 Å². The molecule has 3 nitrogen and oxygen atoms in total. The van der Waals surface area contributed by atoms with Crippen LogP contribution in [0.15, 0.2) is 0 Å². The minimum atomic E-state index is -1.94. The van der Waals surface area contributed by atoms with Crippen molar-refractivity contribution in [1.82, 2.24) is 0 Å². The van der Waals surface area contributed by atoms with E-state index in [1.807, 2.05) is 0 Å². The molecule has 0 aromatic carbocycles. The lowest BCUT2D eigenvalue weighted by atomic mass is 10.3. The molecule has 0 bridgehead atoms. The summed E-state index contributed by atoms with van der Waals surface area (Å²) >= 11 is 0. The average molecular weight is 310 g/mol. The first-order chi connectivity index (χ1) is 7.93. The van der Waals surface area contributed by atoms with Crippen molar-refractivity contribution in [3.8, 4) is 0 Å². The zero-order chi connectivity index (χ0) is 14.6. The summed E-state index contributed by atoms with van der Waals surface area (Å²) in [5, 5.41) is 0. The van der Waals surface area contributed by atoms with Gasteiger partial charge >= 0.3 is 8.25 Å². The third-order valence-electron chi connectivity index (χ3n) is 2.44. The van der Waals surface area contributed by atoms with Gasteiger partial charge < -0.3 is 0 Å². The average Bonchev–Trinajstić information content (AvgIpc) is 1.92. The van der Waals surface area contributed by atoms with Crippen molar-refractivity contribution < 1.29 is 13.0 Å². The second kappa shape index (κ2) is 7.29. The van der Waals surface area contributed by atoms with Crippen LogP contribution in [0.2, 0.25) is 38.3 Å². The Bertz CT molecular complexity index is 252. The quantitative estimate of drug-likeness (QED) is 0.445. The third-order valence-corrected chi connectivity index (χ3v) is 11.2. The molecular formula is C12H30O3PSi2+. The van der Waals surface area contributed by atoms with Gasteiger partial charge in [-0.3, -0.25) is 0 Å². The lowest BCUT2D eigenvalue weighted by Gasteiger charge is -2.20. The molecule has 0 aromatic heterocycles. The molecule has 0 heterocycles. The van der Waals surface area contributed by atoms with Crippen LogP contribution in [-0.2, 0) is 13.0 Å². The molecular weight excluding hydrogens is 279 g/mol. The summed E-state index contributed by atoms with van der Waals surface area (Å²) in [5.41, 5.74) is 0. The highest BCUT2D eigenvalue weighted by Gasteiger charge is 2.42. The first-order valence-corrected chi connectivity index (χ1v) is 14.1. The molecule has 0 aliphatic carbocycles. The van der Waals surface area contributed by atoms with Crippen molar-refractivity contribution in [1.29, 1.82) is 0 Å². The van der Waals surface area contributed by atoms with Crippen LogP contribution in [0.5, 0.6) is 0 Å². The van der Waals surface area contributed by atoms with Gasteiger partial charge in [0, 0.05) is 4.57 Å². The van der Waals surface area contributed by atoms with E-state index >= 15 is 0 Å². The van der Waals surface area contributed by atoms with Crippen molar-refractivity contribution in [2.75, 3.05) is 0 Å². The molecule has 0 aliphatic heterocycles. The third kappa shape index (κ3) is 9.39. The summed E-state index contributed by atoms with van der Waals surface area (Å²) in [5.74, 6) is 1.16. The zero-order valence-corrected chi connectivity index (χ0v) is 16.1. The normalized spacial score (nSPS) is 13.4. The molecule has 0 radical (unpaired) electrons. The Morgan fingerprint density at radius 1 is 0.833 bits per heavy atom. The Hall–Kier alpha value is 0.454. The van der Waals surface area contributed by atoms with Gasteiger partial charge in [0.15, 0.2) is 0 Å². The lowest BCUT2D eigenvalue weighted by molar-refractivity contribution is 0.402. The van der Waals surface area contributed by atoms with Crippen molar-refractivity contribution in [2.24, 2.45) is 11.8 Å². The Labute approximate surface area is 116 Å². The summed E-state index contributed by atoms with van der Waals surface area (Å²) in [7, 11) is -5.66. The summed E-state index contributed by atoms with van der Waals surface area (Å²) in [6.45, 7) is 17.1. The van der Waals surface area contributed by atoms with E-state index in [0.717, 1.165) is 12.1 Å². The fourth-order valence-electron chi connectivity index (χ4n) is 2.46. The highest BCUT2D eigenvalue weighted by atomic mass is 31.1. The van der Waals surface area contributed by atoms with Gasteiger partial charge in [-0.1, -0.05) is 27.7 Å². The van der Waals surface area contributed by atoms with Crippen molar-refractivity contribution >= 4 is 24.9 Å². The van der Waals surface area contributed by atoms with Crippen LogP contribution in [0.25, 0.3) is 0 Å². The standard InChI is InChI=1S/C12H30O3PSi2/c1-11(2)9-17(5,6)14-16(13)15-18(7,8)10-12(3)4/h11-12H,9-10H2,1-8H3/q+1. The highest BCUT2D eigenvalue weighted by molar-refractivity contribution is 7.38. The Morgan fingerprint density at radius 3 is 1.33 bits per heavy atom. The predicted octanol–water partition coefficient (Wildman–Crippen LogP) is 5.40. The van der Waals surface area contributed by atoms with Crippen LogP contribution in [0.1, 0.15) is 27.7 Å². The van der Waals surface area contributed by atoms with E-state index in [2.05, 4.69) is 53.9 Å². The van der Waals surface area contributed by atoms with Crippen molar-refractivity contribution in [3.05, 3.63) is 0 Å². The Morgan fingerprint density at radius 2 is 1.11 bits per heavy atom. The van der Waals surface area contributed by atoms with Gasteiger partial charge in [0.05, 0.1) is 0 Å². The Kier molecular flexibility index (Phi) is 7.48. The molecule has 0 fully saturated rings. The number of hydrogen-bond donors (Lipinski definition) is 0. The summed E-state index contributed by atoms with van der Waals surface area (Å²) in [4.78, 5) is 0. The largest absolute Gasteiger partial charge is 0.673 e. The molecule has 0 amide bonds. The molecule has 18 heavy (non-hydrogen) atoms. The molecule has 0 unspecified atom stereocenters. The van der Waals surface area contributed by atoms with Crippen LogP contribution in [0.3, 0.4) is 0 Å². The van der Waals surface area contributed by atoms with E-state index in [9.17, 15) is 4.57 Å². The van der Waals surface area contributed by atoms with Crippen molar-refractivity contribution in [3.63, 3.8) is 0 Å². The van der Waals surface area contributed by atoms with Crippen LogP contribution < -0.4 is 0 Å². The second-order valence-electron chi connectivity index (χ2n) is 7.12. The van der Waals surface area contributed by atoms with Crippen LogP contribution >= 0.6 is 8.25 Å². The van der Waals surface area contributed by atoms with E-state index in [4.69, 9.17) is 8.43 Å². The maximum Gasteiger partial charge on any atom is 0.673 e. The lowest BCUT2D eigenvalue weighted by Crippen LogP contribution is -2.33. The molecule has 0 aromatic rings. The van der Waals surface area contributed by atoms with E-state index in [1.165, 1.54) is 0 Å². The van der Waals surface area contributed by atoms with Gasteiger partial charge in [-0.05, 0) is 50.1 Å². The maximum absolute atomic E-state index is 12.0. The monoisotopic (exact) mass is 309 g/mol. The van der Waals surface area contributed by atoms with Crippen molar-refractivity contribution in [2.45, 2.75) is 66.0 Å². The van der Waals surface area contributed by atoms with E-state index in [0.29, 0.717) is 11.8 Å². The molecule has 108 valence electrons. The summed E-state index contributed by atoms with van der Waals surface area (Å²) < 4.78 is 23.5. The fourth-order valence-corrected chi connectivity index (χ4v) is 10.7. The van der Waals surface area contributed by atoms with Crippen LogP contribution in [0.4, 0.5) is 0 Å². The molecule has 0 saturated heterocycles. The molecule has 6 heteroatoms. The molecule has 0 rings (SSSR count). The van der Waals surface area contributed by atoms with Crippen LogP contribution in [-0.4, -0.2) is 16.6 Å². The number of rotatable bonds is 8. The molecule has 0 spiro atoms. The smallest absolute Gasteiger partial charge is 0.176 e. The summed E-state index contributed by atoms with van der Waals surface area (Å²) in [6.07, 6.45) is 0. The fraction of sp³-hybridized carbons (Fsp3) is 1.00. The van der Waals surface area contributed by atoms with E-state index < -0.39 is 24.9 Å². The summed E-state index contributed by atoms with van der Waals surface area (Å²) in [6, 6.07) is 2.03. The second-order valence-corrected chi connectivity index (χ2v) is 16.9. The van der Waals surface area contributed by atoms with E-state index in [1.54, 1.807) is 0 Å². The minimum absolute atomic E-state index is 0.580. The molecule has 0 atom stereocenters. The highest BCUT2D eigenvalue weighted by Crippen LogP contribution is 2.37. The first-order valence-electron chi connectivity index (χ1n) is 6.79. The zero-order valence-electron chi connectivity index (χ0n) is 13.2. The molecule has 0 aliphatic rings. The Balaban J connectivity index is 4.34. The first kappa shape index (κ1) is 18.5. The van der Waals surface area contributed by atoms with Gasteiger partial charge in [0.25, 0.3) is 16.6 Å².